The maximum Gasteiger partial charge on any atom is 0.341 e. The summed E-state index contributed by atoms with van der Waals surface area (Å²) < 4.78 is 4.97. The summed E-state index contributed by atoms with van der Waals surface area (Å²) in [7, 11) is 0. The smallest absolute Gasteiger partial charge is 0.341 e. The number of carbonyl (C=O) groups is 1. The van der Waals surface area contributed by atoms with Crippen molar-refractivity contribution in [3.63, 3.8) is 0 Å². The Kier molecular flexibility index (Phi) is 4.81. The van der Waals surface area contributed by atoms with E-state index in [1.165, 1.54) is 17.5 Å². The molecule has 24 heavy (non-hydrogen) atoms. The number of aromatic nitrogens is 3. The molecule has 3 rings (SSSR count). The van der Waals surface area contributed by atoms with Crippen molar-refractivity contribution in [2.45, 2.75) is 13.8 Å². The molecule has 1 N–H and O–H groups in total. The summed E-state index contributed by atoms with van der Waals surface area (Å²) in [5, 5.41) is 5.73. The number of thiazole rings is 1. The number of hydrogen-bond donors (Lipinski definition) is 1. The number of anilines is 2. The highest BCUT2D eigenvalue weighted by atomic mass is 32.1. The van der Waals surface area contributed by atoms with Crippen LogP contribution in [0.4, 0.5) is 11.1 Å². The molecule has 0 fully saturated rings. The quantitative estimate of drug-likeness (QED) is 0.711. The predicted octanol–water partition coefficient (Wildman–Crippen LogP) is 3.83. The van der Waals surface area contributed by atoms with E-state index in [4.69, 9.17) is 4.74 Å². The third kappa shape index (κ3) is 3.57. The van der Waals surface area contributed by atoms with Crippen molar-refractivity contribution in [1.82, 2.24) is 15.0 Å². The van der Waals surface area contributed by atoms with Crippen LogP contribution in [0.15, 0.2) is 41.9 Å². The van der Waals surface area contributed by atoms with E-state index in [1.54, 1.807) is 13.8 Å². The van der Waals surface area contributed by atoms with E-state index in [9.17, 15) is 4.79 Å². The van der Waals surface area contributed by atoms with Crippen LogP contribution < -0.4 is 5.32 Å². The van der Waals surface area contributed by atoms with Crippen molar-refractivity contribution in [1.29, 1.82) is 0 Å². The summed E-state index contributed by atoms with van der Waals surface area (Å²) in [6.07, 6.45) is 1.47. The second-order valence-electron chi connectivity index (χ2n) is 4.94. The lowest BCUT2D eigenvalue weighted by Gasteiger charge is -2.06. The average molecular weight is 340 g/mol. The van der Waals surface area contributed by atoms with Gasteiger partial charge in [0.15, 0.2) is 5.13 Å². The second kappa shape index (κ2) is 7.18. The lowest BCUT2D eigenvalue weighted by molar-refractivity contribution is 0.0524. The molecule has 6 nitrogen and oxygen atoms in total. The summed E-state index contributed by atoms with van der Waals surface area (Å²) in [4.78, 5) is 24.8. The first-order valence-corrected chi connectivity index (χ1v) is 8.34. The minimum Gasteiger partial charge on any atom is -0.462 e. The van der Waals surface area contributed by atoms with Crippen molar-refractivity contribution in [2.24, 2.45) is 0 Å². The molecule has 1 aromatic carbocycles. The lowest BCUT2D eigenvalue weighted by atomic mass is 10.2. The molecule has 2 heterocycles. The molecule has 0 bridgehead atoms. The molecule has 7 heteroatoms. The number of nitrogens with zero attached hydrogens (tertiary/aromatic N) is 3. The summed E-state index contributed by atoms with van der Waals surface area (Å²) in [5.74, 6) is -0.0170. The third-order valence-electron chi connectivity index (χ3n) is 3.27. The number of nitrogens with one attached hydrogen (secondary N) is 1. The van der Waals surface area contributed by atoms with E-state index in [-0.39, 0.29) is 0 Å². The number of aryl methyl sites for hydroxylation is 1. The van der Waals surface area contributed by atoms with E-state index in [0.29, 0.717) is 28.9 Å². The van der Waals surface area contributed by atoms with Gasteiger partial charge in [0, 0.05) is 17.1 Å². The Labute approximate surface area is 143 Å². The molecule has 0 unspecified atom stereocenters. The van der Waals surface area contributed by atoms with Gasteiger partial charge < -0.3 is 10.1 Å². The molecule has 0 amide bonds. The number of benzene rings is 1. The highest BCUT2D eigenvalue weighted by Gasteiger charge is 2.13. The van der Waals surface area contributed by atoms with Gasteiger partial charge in [0.05, 0.1) is 23.6 Å². The molecule has 2 aromatic heterocycles. The molecule has 0 atom stereocenters. The number of carbonyl (C=O) groups excluding carboxylic acids is 1. The van der Waals surface area contributed by atoms with Crippen LogP contribution in [-0.4, -0.2) is 27.5 Å². The van der Waals surface area contributed by atoms with Gasteiger partial charge in [-0.25, -0.2) is 19.7 Å². The Hall–Kier alpha value is -2.80. The number of rotatable bonds is 5. The second-order valence-corrected chi connectivity index (χ2v) is 5.80. The summed E-state index contributed by atoms with van der Waals surface area (Å²) in [5.41, 5.74) is 2.87. The first-order valence-electron chi connectivity index (χ1n) is 7.46. The monoisotopic (exact) mass is 340 g/mol. The molecule has 0 spiro atoms. The van der Waals surface area contributed by atoms with Gasteiger partial charge in [-0.1, -0.05) is 30.3 Å². The minimum absolute atomic E-state index is 0.319. The fourth-order valence-corrected chi connectivity index (χ4v) is 2.82. The van der Waals surface area contributed by atoms with Gasteiger partial charge in [0.2, 0.25) is 5.95 Å². The molecule has 0 aliphatic heterocycles. The van der Waals surface area contributed by atoms with Crippen LogP contribution in [0, 0.1) is 6.92 Å². The highest BCUT2D eigenvalue weighted by Crippen LogP contribution is 2.26. The zero-order chi connectivity index (χ0) is 16.9. The highest BCUT2D eigenvalue weighted by molar-refractivity contribution is 7.14. The van der Waals surface area contributed by atoms with E-state index < -0.39 is 5.97 Å². The zero-order valence-corrected chi connectivity index (χ0v) is 14.1. The first kappa shape index (κ1) is 16.1. The first-order chi connectivity index (χ1) is 11.7. The molecule has 122 valence electrons. The Balaban J connectivity index is 1.76. The van der Waals surface area contributed by atoms with Crippen LogP contribution in [0.25, 0.3) is 11.3 Å². The molecule has 0 saturated heterocycles. The van der Waals surface area contributed by atoms with Crippen molar-refractivity contribution >= 4 is 28.4 Å². The predicted molar refractivity (Wildman–Crippen MR) is 93.6 cm³/mol. The van der Waals surface area contributed by atoms with Gasteiger partial charge in [0.25, 0.3) is 0 Å². The van der Waals surface area contributed by atoms with Crippen LogP contribution in [0.2, 0.25) is 0 Å². The summed E-state index contributed by atoms with van der Waals surface area (Å²) in [6.45, 7) is 3.83. The molecule has 0 radical (unpaired) electrons. The molecule has 0 aliphatic carbocycles. The van der Waals surface area contributed by atoms with Crippen LogP contribution >= 0.6 is 11.3 Å². The molecular weight excluding hydrogens is 324 g/mol. The van der Waals surface area contributed by atoms with Gasteiger partial charge in [-0.3, -0.25) is 0 Å². The average Bonchev–Trinajstić information content (AvgIpc) is 3.04. The normalized spacial score (nSPS) is 10.4. The Morgan fingerprint density at radius 1 is 1.25 bits per heavy atom. The van der Waals surface area contributed by atoms with Crippen LogP contribution in [0.5, 0.6) is 0 Å². The molecule has 0 aliphatic rings. The van der Waals surface area contributed by atoms with Gasteiger partial charge in [-0.05, 0) is 13.8 Å². The number of ether oxygens (including phenoxy) is 1. The zero-order valence-electron chi connectivity index (χ0n) is 13.3. The van der Waals surface area contributed by atoms with E-state index in [0.717, 1.165) is 11.3 Å². The van der Waals surface area contributed by atoms with E-state index in [2.05, 4.69) is 20.3 Å². The van der Waals surface area contributed by atoms with Crippen molar-refractivity contribution in [2.75, 3.05) is 11.9 Å². The third-order valence-corrected chi connectivity index (χ3v) is 4.02. The summed E-state index contributed by atoms with van der Waals surface area (Å²) >= 11 is 1.47. The van der Waals surface area contributed by atoms with Gasteiger partial charge in [0.1, 0.15) is 0 Å². The molecule has 3 aromatic rings. The molecule has 0 saturated carbocycles. The van der Waals surface area contributed by atoms with Crippen molar-refractivity contribution in [3.05, 3.63) is 53.2 Å². The fourth-order valence-electron chi connectivity index (χ4n) is 2.10. The van der Waals surface area contributed by atoms with Gasteiger partial charge in [-0.15, -0.1) is 11.3 Å². The Morgan fingerprint density at radius 2 is 2.04 bits per heavy atom. The van der Waals surface area contributed by atoms with Gasteiger partial charge in [-0.2, -0.15) is 0 Å². The van der Waals surface area contributed by atoms with E-state index >= 15 is 0 Å². The number of esters is 1. The lowest BCUT2D eigenvalue weighted by Crippen LogP contribution is -2.10. The maximum absolute atomic E-state index is 11.8. The van der Waals surface area contributed by atoms with Crippen molar-refractivity contribution in [3.8, 4) is 11.3 Å². The van der Waals surface area contributed by atoms with Crippen LogP contribution in [0.1, 0.15) is 23.0 Å². The van der Waals surface area contributed by atoms with Crippen LogP contribution in [-0.2, 0) is 4.74 Å². The minimum atomic E-state index is -0.415. The Morgan fingerprint density at radius 3 is 2.75 bits per heavy atom. The molecular formula is C17H16N4O2S. The Bertz CT molecular complexity index is 849. The van der Waals surface area contributed by atoms with E-state index in [1.807, 2.05) is 35.7 Å². The topological polar surface area (TPSA) is 77.0 Å². The maximum atomic E-state index is 11.8. The van der Waals surface area contributed by atoms with Crippen LogP contribution in [0.3, 0.4) is 0 Å². The SMILES string of the molecule is CCOC(=O)c1cnc(Nc2nc(-c3ccccc3)cs2)nc1C. The fraction of sp³-hybridized carbons (Fsp3) is 0.176. The largest absolute Gasteiger partial charge is 0.462 e. The number of hydrogen-bond acceptors (Lipinski definition) is 7. The van der Waals surface area contributed by atoms with Gasteiger partial charge >= 0.3 is 5.97 Å². The standard InChI is InChI=1S/C17H16N4O2S/c1-3-23-15(22)13-9-18-16(19-11(13)2)21-17-20-14(10-24-17)12-7-5-4-6-8-12/h4-10H,3H2,1-2H3,(H,18,19,20,21). The van der Waals surface area contributed by atoms with Crippen molar-refractivity contribution < 1.29 is 9.53 Å². The summed E-state index contributed by atoms with van der Waals surface area (Å²) in [6, 6.07) is 9.93.